The maximum absolute atomic E-state index is 12.3. The zero-order valence-corrected chi connectivity index (χ0v) is 14.0. The summed E-state index contributed by atoms with van der Waals surface area (Å²) in [6.07, 6.45) is 2.07. The van der Waals surface area contributed by atoms with E-state index in [0.29, 0.717) is 12.5 Å². The molecular weight excluding hydrogens is 328 g/mol. The molecule has 6 nitrogen and oxygen atoms in total. The molecular formula is C14H21ClN2O4S. The Balaban J connectivity index is 0.00000242. The zero-order chi connectivity index (χ0) is 15.3. The van der Waals surface area contributed by atoms with E-state index >= 15 is 0 Å². The van der Waals surface area contributed by atoms with Crippen molar-refractivity contribution in [2.45, 2.75) is 17.7 Å². The molecule has 1 aliphatic heterocycles. The van der Waals surface area contributed by atoms with Crippen LogP contribution in [0.25, 0.3) is 0 Å². The number of hydrogen-bond donors (Lipinski definition) is 2. The lowest BCUT2D eigenvalue weighted by Gasteiger charge is -2.22. The average Bonchev–Trinajstić information content (AvgIpc) is 2.53. The van der Waals surface area contributed by atoms with Crippen molar-refractivity contribution in [1.82, 2.24) is 10.0 Å². The van der Waals surface area contributed by atoms with Crippen LogP contribution >= 0.6 is 12.4 Å². The molecule has 0 aliphatic carbocycles. The van der Waals surface area contributed by atoms with Gasteiger partial charge in [-0.05, 0) is 50.0 Å². The molecule has 0 saturated carbocycles. The van der Waals surface area contributed by atoms with E-state index < -0.39 is 16.0 Å². The van der Waals surface area contributed by atoms with Crippen molar-refractivity contribution >= 4 is 28.4 Å². The molecule has 0 aromatic heterocycles. The molecule has 1 aromatic rings. The molecule has 1 saturated heterocycles. The predicted molar refractivity (Wildman–Crippen MR) is 85.8 cm³/mol. The third kappa shape index (κ3) is 4.95. The molecule has 2 rings (SSSR count). The topological polar surface area (TPSA) is 84.5 Å². The maximum Gasteiger partial charge on any atom is 0.337 e. The van der Waals surface area contributed by atoms with Gasteiger partial charge in [0.1, 0.15) is 0 Å². The van der Waals surface area contributed by atoms with E-state index in [1.54, 1.807) is 0 Å². The van der Waals surface area contributed by atoms with E-state index in [1.807, 2.05) is 0 Å². The van der Waals surface area contributed by atoms with Crippen molar-refractivity contribution in [2.75, 3.05) is 26.7 Å². The summed E-state index contributed by atoms with van der Waals surface area (Å²) in [6.45, 7) is 2.22. The van der Waals surface area contributed by atoms with Gasteiger partial charge >= 0.3 is 5.97 Å². The van der Waals surface area contributed by atoms with Gasteiger partial charge < -0.3 is 10.1 Å². The number of sulfonamides is 1. The van der Waals surface area contributed by atoms with Crippen LogP contribution in [0.4, 0.5) is 0 Å². The number of piperidine rings is 1. The summed E-state index contributed by atoms with van der Waals surface area (Å²) >= 11 is 0. The van der Waals surface area contributed by atoms with Crippen LogP contribution in [0.3, 0.4) is 0 Å². The summed E-state index contributed by atoms with van der Waals surface area (Å²) in [5.74, 6) is -0.249. The standard InChI is InChI=1S/C14H20N2O4S.ClH/c1-20-14(17)12-5-2-6-13(8-12)21(18,19)16-10-11-4-3-7-15-9-11;/h2,5-6,8,11,15-16H,3-4,7,9-10H2,1H3;1H. The van der Waals surface area contributed by atoms with E-state index in [0.717, 1.165) is 25.9 Å². The van der Waals surface area contributed by atoms with Gasteiger partial charge in [-0.3, -0.25) is 0 Å². The second-order valence-electron chi connectivity index (χ2n) is 5.08. The van der Waals surface area contributed by atoms with Crippen LogP contribution < -0.4 is 10.0 Å². The second-order valence-corrected chi connectivity index (χ2v) is 6.85. The molecule has 1 heterocycles. The van der Waals surface area contributed by atoms with Crippen molar-refractivity contribution in [2.24, 2.45) is 5.92 Å². The van der Waals surface area contributed by atoms with Crippen LogP contribution in [0.5, 0.6) is 0 Å². The molecule has 1 atom stereocenters. The molecule has 0 bridgehead atoms. The van der Waals surface area contributed by atoms with Gasteiger partial charge in [-0.2, -0.15) is 0 Å². The Morgan fingerprint density at radius 3 is 2.86 bits per heavy atom. The third-order valence-corrected chi connectivity index (χ3v) is 4.95. The smallest absolute Gasteiger partial charge is 0.337 e. The number of carbonyl (C=O) groups excluding carboxylic acids is 1. The number of esters is 1. The van der Waals surface area contributed by atoms with Gasteiger partial charge in [0, 0.05) is 6.54 Å². The molecule has 8 heteroatoms. The van der Waals surface area contributed by atoms with Crippen LogP contribution in [0, 0.1) is 5.92 Å². The fourth-order valence-corrected chi connectivity index (χ4v) is 3.48. The van der Waals surface area contributed by atoms with Gasteiger partial charge in [0.25, 0.3) is 0 Å². The van der Waals surface area contributed by atoms with E-state index in [9.17, 15) is 13.2 Å². The zero-order valence-electron chi connectivity index (χ0n) is 12.4. The van der Waals surface area contributed by atoms with Gasteiger partial charge in [-0.25, -0.2) is 17.9 Å². The van der Waals surface area contributed by atoms with Crippen molar-refractivity contribution < 1.29 is 17.9 Å². The lowest BCUT2D eigenvalue weighted by Crippen LogP contribution is -2.38. The Morgan fingerprint density at radius 2 is 2.23 bits per heavy atom. The van der Waals surface area contributed by atoms with Gasteiger partial charge in [0.05, 0.1) is 17.6 Å². The highest BCUT2D eigenvalue weighted by atomic mass is 35.5. The Hall–Kier alpha value is -1.15. The van der Waals surface area contributed by atoms with Gasteiger partial charge in [-0.1, -0.05) is 6.07 Å². The quantitative estimate of drug-likeness (QED) is 0.780. The molecule has 2 N–H and O–H groups in total. The number of carbonyl (C=O) groups is 1. The molecule has 0 amide bonds. The van der Waals surface area contributed by atoms with E-state index in [2.05, 4.69) is 14.8 Å². The minimum Gasteiger partial charge on any atom is -0.465 e. The first-order valence-electron chi connectivity index (χ1n) is 6.91. The SMILES string of the molecule is COC(=O)c1cccc(S(=O)(=O)NCC2CCCNC2)c1.Cl. The number of benzene rings is 1. The van der Waals surface area contributed by atoms with Gasteiger partial charge in [0.15, 0.2) is 0 Å². The van der Waals surface area contributed by atoms with Crippen molar-refractivity contribution in [3.8, 4) is 0 Å². The minimum atomic E-state index is -3.61. The van der Waals surface area contributed by atoms with E-state index in [1.165, 1.54) is 31.4 Å². The average molecular weight is 349 g/mol. The highest BCUT2D eigenvalue weighted by Gasteiger charge is 2.19. The Kier molecular flexibility index (Phi) is 7.28. The van der Waals surface area contributed by atoms with Crippen molar-refractivity contribution in [1.29, 1.82) is 0 Å². The van der Waals surface area contributed by atoms with Crippen molar-refractivity contribution in [3.05, 3.63) is 29.8 Å². The summed E-state index contributed by atoms with van der Waals surface area (Å²) in [5, 5.41) is 3.25. The number of hydrogen-bond acceptors (Lipinski definition) is 5. The van der Waals surface area contributed by atoms with Crippen LogP contribution in [-0.2, 0) is 14.8 Å². The molecule has 1 aliphatic rings. The Morgan fingerprint density at radius 1 is 1.45 bits per heavy atom. The molecule has 1 aromatic carbocycles. The van der Waals surface area contributed by atoms with Crippen molar-refractivity contribution in [3.63, 3.8) is 0 Å². The molecule has 0 spiro atoms. The van der Waals surface area contributed by atoms with Crippen LogP contribution in [0.15, 0.2) is 29.2 Å². The van der Waals surface area contributed by atoms with Gasteiger partial charge in [0.2, 0.25) is 10.0 Å². The molecule has 0 radical (unpaired) electrons. The minimum absolute atomic E-state index is 0. The summed E-state index contributed by atoms with van der Waals surface area (Å²) in [7, 11) is -2.35. The summed E-state index contributed by atoms with van der Waals surface area (Å²) in [5.41, 5.74) is 0.222. The van der Waals surface area contributed by atoms with Gasteiger partial charge in [-0.15, -0.1) is 12.4 Å². The molecule has 124 valence electrons. The fraction of sp³-hybridized carbons (Fsp3) is 0.500. The maximum atomic E-state index is 12.3. The predicted octanol–water partition coefficient (Wildman–Crippen LogP) is 1.17. The first-order chi connectivity index (χ1) is 10.0. The summed E-state index contributed by atoms with van der Waals surface area (Å²) in [4.78, 5) is 11.5. The Bertz CT molecular complexity index is 601. The monoisotopic (exact) mass is 348 g/mol. The fourth-order valence-electron chi connectivity index (χ4n) is 2.32. The second kappa shape index (κ2) is 8.47. The number of rotatable bonds is 5. The first kappa shape index (κ1) is 18.9. The van der Waals surface area contributed by atoms with Crippen LogP contribution in [-0.4, -0.2) is 41.1 Å². The van der Waals surface area contributed by atoms with Crippen LogP contribution in [0.2, 0.25) is 0 Å². The Labute approximate surface area is 137 Å². The summed E-state index contributed by atoms with van der Waals surface area (Å²) < 4.78 is 31.7. The van der Waals surface area contributed by atoms with E-state index in [4.69, 9.17) is 0 Å². The third-order valence-electron chi connectivity index (χ3n) is 3.53. The normalized spacial score (nSPS) is 18.3. The van der Waals surface area contributed by atoms with Crippen LogP contribution in [0.1, 0.15) is 23.2 Å². The largest absolute Gasteiger partial charge is 0.465 e. The summed E-state index contributed by atoms with van der Waals surface area (Å²) in [6, 6.07) is 5.85. The van der Waals surface area contributed by atoms with E-state index in [-0.39, 0.29) is 22.9 Å². The number of ether oxygens (including phenoxy) is 1. The molecule has 22 heavy (non-hydrogen) atoms. The highest BCUT2D eigenvalue weighted by Crippen LogP contribution is 2.14. The lowest BCUT2D eigenvalue weighted by molar-refractivity contribution is 0.0600. The highest BCUT2D eigenvalue weighted by molar-refractivity contribution is 7.89. The number of methoxy groups -OCH3 is 1. The number of nitrogens with one attached hydrogen (secondary N) is 2. The lowest BCUT2D eigenvalue weighted by atomic mass is 10.0. The number of halogens is 1. The first-order valence-corrected chi connectivity index (χ1v) is 8.40. The molecule has 1 fully saturated rings. The molecule has 1 unspecified atom stereocenters.